The van der Waals surface area contributed by atoms with E-state index in [1.54, 1.807) is 42.6 Å². The number of hydrogen-bond donors (Lipinski definition) is 2. The first-order valence-corrected chi connectivity index (χ1v) is 8.44. The molecule has 2 aromatic rings. The average Bonchev–Trinajstić information content (AvgIpc) is 2.63. The molecule has 0 aliphatic heterocycles. The first kappa shape index (κ1) is 17.0. The number of rotatable bonds is 4. The minimum absolute atomic E-state index is 0.120. The van der Waals surface area contributed by atoms with Crippen LogP contribution in [0.4, 0.5) is 5.69 Å². The standard InChI is InChI=1S/C19H21N3O3/c20-18(24)15-5-1-2-6-16(15)19(25)21-13-8-10-14(11-9-13)22-12-4-3-7-17(22)23/h3-4,7-12,15-16H,1-2,5-6H2,(H2,20,24)(H,21,25). The minimum Gasteiger partial charge on any atom is -0.369 e. The van der Waals surface area contributed by atoms with Crippen molar-refractivity contribution in [2.45, 2.75) is 25.7 Å². The summed E-state index contributed by atoms with van der Waals surface area (Å²) in [7, 11) is 0. The van der Waals surface area contributed by atoms with E-state index in [2.05, 4.69) is 5.32 Å². The van der Waals surface area contributed by atoms with E-state index in [-0.39, 0.29) is 17.4 Å². The van der Waals surface area contributed by atoms with E-state index in [1.165, 1.54) is 10.6 Å². The molecule has 2 amide bonds. The topological polar surface area (TPSA) is 94.2 Å². The fraction of sp³-hybridized carbons (Fsp3) is 0.316. The van der Waals surface area contributed by atoms with Crippen molar-refractivity contribution in [3.63, 3.8) is 0 Å². The zero-order valence-corrected chi connectivity index (χ0v) is 13.9. The molecule has 2 unspecified atom stereocenters. The Kier molecular flexibility index (Phi) is 4.97. The zero-order chi connectivity index (χ0) is 17.8. The van der Waals surface area contributed by atoms with Gasteiger partial charge in [-0.3, -0.25) is 19.0 Å². The fourth-order valence-electron chi connectivity index (χ4n) is 3.37. The van der Waals surface area contributed by atoms with Gasteiger partial charge < -0.3 is 11.1 Å². The third-order valence-corrected chi connectivity index (χ3v) is 4.70. The van der Waals surface area contributed by atoms with Gasteiger partial charge in [0.1, 0.15) is 0 Å². The number of amides is 2. The Labute approximate surface area is 145 Å². The second kappa shape index (κ2) is 7.34. The predicted molar refractivity (Wildman–Crippen MR) is 95.3 cm³/mol. The molecule has 6 nitrogen and oxygen atoms in total. The molecular weight excluding hydrogens is 318 g/mol. The molecule has 0 saturated heterocycles. The van der Waals surface area contributed by atoms with Crippen molar-refractivity contribution in [3.05, 3.63) is 59.0 Å². The Hall–Kier alpha value is -2.89. The van der Waals surface area contributed by atoms with Gasteiger partial charge in [0.25, 0.3) is 5.56 Å². The van der Waals surface area contributed by atoms with Crippen LogP contribution in [-0.4, -0.2) is 16.4 Å². The van der Waals surface area contributed by atoms with Crippen molar-refractivity contribution in [2.24, 2.45) is 17.6 Å². The largest absolute Gasteiger partial charge is 0.369 e. The van der Waals surface area contributed by atoms with Crippen LogP contribution in [0, 0.1) is 11.8 Å². The molecule has 130 valence electrons. The highest BCUT2D eigenvalue weighted by Gasteiger charge is 2.34. The summed E-state index contributed by atoms with van der Waals surface area (Å²) in [4.78, 5) is 35.9. The molecule has 1 aromatic heterocycles. The zero-order valence-electron chi connectivity index (χ0n) is 13.9. The molecule has 1 aromatic carbocycles. The first-order chi connectivity index (χ1) is 12.1. The van der Waals surface area contributed by atoms with Crippen LogP contribution in [0.3, 0.4) is 0 Å². The third kappa shape index (κ3) is 3.79. The lowest BCUT2D eigenvalue weighted by Crippen LogP contribution is -2.39. The maximum atomic E-state index is 12.5. The lowest BCUT2D eigenvalue weighted by atomic mass is 9.78. The summed E-state index contributed by atoms with van der Waals surface area (Å²) in [5.41, 5.74) is 6.67. The number of aromatic nitrogens is 1. The lowest BCUT2D eigenvalue weighted by Gasteiger charge is -2.28. The summed E-state index contributed by atoms with van der Waals surface area (Å²) < 4.78 is 1.52. The highest BCUT2D eigenvalue weighted by Crippen LogP contribution is 2.31. The van der Waals surface area contributed by atoms with Crippen molar-refractivity contribution in [1.82, 2.24) is 4.57 Å². The smallest absolute Gasteiger partial charge is 0.255 e. The Morgan fingerprint density at radius 3 is 2.32 bits per heavy atom. The van der Waals surface area contributed by atoms with Crippen molar-refractivity contribution in [1.29, 1.82) is 0 Å². The quantitative estimate of drug-likeness (QED) is 0.893. The summed E-state index contributed by atoms with van der Waals surface area (Å²) in [5.74, 6) is -1.34. The maximum absolute atomic E-state index is 12.5. The number of nitrogens with zero attached hydrogens (tertiary/aromatic N) is 1. The SMILES string of the molecule is NC(=O)C1CCCCC1C(=O)Nc1ccc(-n2ccccc2=O)cc1. The molecule has 0 radical (unpaired) electrons. The lowest BCUT2D eigenvalue weighted by molar-refractivity contribution is -0.131. The van der Waals surface area contributed by atoms with E-state index < -0.39 is 11.8 Å². The molecular formula is C19H21N3O3. The molecule has 1 aliphatic carbocycles. The van der Waals surface area contributed by atoms with E-state index in [9.17, 15) is 14.4 Å². The summed E-state index contributed by atoms with van der Waals surface area (Å²) >= 11 is 0. The second-order valence-electron chi connectivity index (χ2n) is 6.34. The molecule has 2 atom stereocenters. The Balaban J connectivity index is 1.73. The Morgan fingerprint density at radius 2 is 1.68 bits per heavy atom. The summed E-state index contributed by atoms with van der Waals surface area (Å²) in [6, 6.07) is 12.0. The number of carbonyl (C=O) groups is 2. The molecule has 3 N–H and O–H groups in total. The van der Waals surface area contributed by atoms with E-state index >= 15 is 0 Å². The van der Waals surface area contributed by atoms with Gasteiger partial charge >= 0.3 is 0 Å². The van der Waals surface area contributed by atoms with Crippen LogP contribution in [0.1, 0.15) is 25.7 Å². The van der Waals surface area contributed by atoms with Gasteiger partial charge in [-0.2, -0.15) is 0 Å². The Bertz CT molecular complexity index is 826. The van der Waals surface area contributed by atoms with Gasteiger partial charge in [0.15, 0.2) is 0 Å². The highest BCUT2D eigenvalue weighted by atomic mass is 16.2. The van der Waals surface area contributed by atoms with Gasteiger partial charge in [0.2, 0.25) is 11.8 Å². The number of benzene rings is 1. The van der Waals surface area contributed by atoms with Gasteiger partial charge in [-0.25, -0.2) is 0 Å². The van der Waals surface area contributed by atoms with E-state index in [0.717, 1.165) is 18.5 Å². The number of nitrogens with one attached hydrogen (secondary N) is 1. The monoisotopic (exact) mass is 339 g/mol. The summed E-state index contributed by atoms with van der Waals surface area (Å²) in [5, 5.41) is 2.86. The van der Waals surface area contributed by atoms with Gasteiger partial charge in [-0.15, -0.1) is 0 Å². The molecule has 0 bridgehead atoms. The van der Waals surface area contributed by atoms with Gasteiger partial charge in [-0.1, -0.05) is 18.9 Å². The molecule has 3 rings (SSSR count). The molecule has 1 saturated carbocycles. The summed E-state index contributed by atoms with van der Waals surface area (Å²) in [6.07, 6.45) is 4.89. The third-order valence-electron chi connectivity index (χ3n) is 4.70. The minimum atomic E-state index is -0.404. The normalized spacial score (nSPS) is 20.0. The van der Waals surface area contributed by atoms with Crippen LogP contribution >= 0.6 is 0 Å². The molecule has 1 aliphatic rings. The van der Waals surface area contributed by atoms with Crippen molar-refractivity contribution < 1.29 is 9.59 Å². The van der Waals surface area contributed by atoms with Crippen LogP contribution in [0.2, 0.25) is 0 Å². The molecule has 6 heteroatoms. The number of pyridine rings is 1. The van der Waals surface area contributed by atoms with Crippen LogP contribution in [0.5, 0.6) is 0 Å². The number of anilines is 1. The van der Waals surface area contributed by atoms with E-state index in [0.29, 0.717) is 18.5 Å². The van der Waals surface area contributed by atoms with Crippen LogP contribution in [-0.2, 0) is 9.59 Å². The molecule has 1 fully saturated rings. The predicted octanol–water partition coefficient (Wildman–Crippen LogP) is 2.07. The Morgan fingerprint density at radius 1 is 1.00 bits per heavy atom. The molecule has 25 heavy (non-hydrogen) atoms. The van der Waals surface area contributed by atoms with Gasteiger partial charge in [0.05, 0.1) is 0 Å². The van der Waals surface area contributed by atoms with Crippen molar-refractivity contribution in [3.8, 4) is 5.69 Å². The van der Waals surface area contributed by atoms with E-state index in [1.807, 2.05) is 0 Å². The van der Waals surface area contributed by atoms with Crippen LogP contribution < -0.4 is 16.6 Å². The number of carbonyl (C=O) groups excluding carboxylic acids is 2. The highest BCUT2D eigenvalue weighted by molar-refractivity contribution is 5.96. The van der Waals surface area contributed by atoms with Crippen molar-refractivity contribution in [2.75, 3.05) is 5.32 Å². The number of primary amides is 1. The van der Waals surface area contributed by atoms with Crippen LogP contribution in [0.15, 0.2) is 53.5 Å². The average molecular weight is 339 g/mol. The molecule has 0 spiro atoms. The second-order valence-corrected chi connectivity index (χ2v) is 6.34. The summed E-state index contributed by atoms with van der Waals surface area (Å²) in [6.45, 7) is 0. The van der Waals surface area contributed by atoms with Crippen LogP contribution in [0.25, 0.3) is 5.69 Å². The maximum Gasteiger partial charge on any atom is 0.255 e. The van der Waals surface area contributed by atoms with Gasteiger partial charge in [-0.05, 0) is 43.2 Å². The first-order valence-electron chi connectivity index (χ1n) is 8.44. The fourth-order valence-corrected chi connectivity index (χ4v) is 3.37. The van der Waals surface area contributed by atoms with E-state index in [4.69, 9.17) is 5.73 Å². The molecule has 1 heterocycles. The van der Waals surface area contributed by atoms with Gasteiger partial charge in [0, 0.05) is 35.5 Å². The van der Waals surface area contributed by atoms with Crippen molar-refractivity contribution >= 4 is 17.5 Å². The number of nitrogens with two attached hydrogens (primary N) is 1. The number of hydrogen-bond acceptors (Lipinski definition) is 3.